The van der Waals surface area contributed by atoms with E-state index < -0.39 is 5.97 Å². The first-order valence-corrected chi connectivity index (χ1v) is 6.25. The van der Waals surface area contributed by atoms with Crippen LogP contribution in [0, 0.1) is 0 Å². The lowest BCUT2D eigenvalue weighted by Gasteiger charge is -2.08. The fraction of sp³-hybridized carbons (Fsp3) is 0.462. The number of aryl methyl sites for hydroxylation is 1. The Balaban J connectivity index is 2.75. The van der Waals surface area contributed by atoms with Crippen molar-refractivity contribution < 1.29 is 14.7 Å². The van der Waals surface area contributed by atoms with Crippen LogP contribution in [0.3, 0.4) is 0 Å². The number of carboxylic acid groups (broad SMARTS) is 1. The molecule has 3 N–H and O–H groups in total. The third-order valence-corrected chi connectivity index (χ3v) is 2.57. The van der Waals surface area contributed by atoms with Gasteiger partial charge in [-0.15, -0.1) is 0 Å². The normalized spacial score (nSPS) is 10.0. The molecule has 0 unspecified atom stereocenters. The highest BCUT2D eigenvalue weighted by Gasteiger charge is 2.08. The second-order valence-corrected chi connectivity index (χ2v) is 4.14. The number of nitrogens with one attached hydrogen (secondary N) is 2. The number of rotatable bonds is 7. The monoisotopic (exact) mass is 265 g/mol. The van der Waals surface area contributed by atoms with Crippen molar-refractivity contribution in [2.75, 3.05) is 18.9 Å². The molecule has 1 aromatic rings. The van der Waals surface area contributed by atoms with Crippen LogP contribution in [0.4, 0.5) is 5.82 Å². The number of anilines is 1. The smallest absolute Gasteiger partial charge is 0.335 e. The van der Waals surface area contributed by atoms with Crippen molar-refractivity contribution in [1.82, 2.24) is 10.3 Å². The van der Waals surface area contributed by atoms with Crippen molar-refractivity contribution >= 4 is 17.7 Å². The number of aromatic carboxylic acids is 1. The Morgan fingerprint density at radius 1 is 1.37 bits per heavy atom. The molecule has 1 aromatic heterocycles. The largest absolute Gasteiger partial charge is 0.478 e. The first kappa shape index (κ1) is 14.9. The highest BCUT2D eigenvalue weighted by molar-refractivity contribution is 5.88. The summed E-state index contributed by atoms with van der Waals surface area (Å²) in [6.45, 7) is 2.43. The van der Waals surface area contributed by atoms with Gasteiger partial charge in [0.2, 0.25) is 5.91 Å². The summed E-state index contributed by atoms with van der Waals surface area (Å²) in [4.78, 5) is 26.4. The van der Waals surface area contributed by atoms with Crippen LogP contribution in [0.5, 0.6) is 0 Å². The molecule has 0 aromatic carbocycles. The van der Waals surface area contributed by atoms with Gasteiger partial charge in [0.05, 0.1) is 5.56 Å². The second kappa shape index (κ2) is 7.35. The fourth-order valence-electron chi connectivity index (χ4n) is 1.62. The van der Waals surface area contributed by atoms with Gasteiger partial charge in [-0.25, -0.2) is 9.78 Å². The summed E-state index contributed by atoms with van der Waals surface area (Å²) >= 11 is 0. The van der Waals surface area contributed by atoms with Gasteiger partial charge in [0.1, 0.15) is 5.82 Å². The molecule has 0 fully saturated rings. The molecule has 0 atom stereocenters. The minimum absolute atomic E-state index is 0.0735. The number of carbonyl (C=O) groups excluding carboxylic acids is 1. The summed E-state index contributed by atoms with van der Waals surface area (Å²) in [7, 11) is 1.57. The van der Waals surface area contributed by atoms with Gasteiger partial charge >= 0.3 is 5.97 Å². The quantitative estimate of drug-likeness (QED) is 0.690. The van der Waals surface area contributed by atoms with Crippen molar-refractivity contribution in [1.29, 1.82) is 0 Å². The Kier molecular flexibility index (Phi) is 5.78. The third-order valence-electron chi connectivity index (χ3n) is 2.57. The lowest BCUT2D eigenvalue weighted by molar-refractivity contribution is -0.120. The maximum atomic E-state index is 11.1. The van der Waals surface area contributed by atoms with E-state index in [2.05, 4.69) is 15.6 Å². The Morgan fingerprint density at radius 3 is 2.68 bits per heavy atom. The zero-order valence-electron chi connectivity index (χ0n) is 11.2. The van der Waals surface area contributed by atoms with Gasteiger partial charge < -0.3 is 15.7 Å². The molecule has 1 rings (SSSR count). The molecule has 6 nitrogen and oxygen atoms in total. The Morgan fingerprint density at radius 2 is 2.11 bits per heavy atom. The number of carboxylic acids is 1. The van der Waals surface area contributed by atoms with E-state index in [0.717, 1.165) is 18.5 Å². The van der Waals surface area contributed by atoms with Crippen LogP contribution in [0.15, 0.2) is 12.1 Å². The van der Waals surface area contributed by atoms with Gasteiger partial charge in [0.25, 0.3) is 0 Å². The van der Waals surface area contributed by atoms with Crippen molar-refractivity contribution in [3.8, 4) is 0 Å². The number of hydrogen-bond acceptors (Lipinski definition) is 4. The van der Waals surface area contributed by atoms with Crippen LogP contribution in [0.2, 0.25) is 0 Å². The van der Waals surface area contributed by atoms with Crippen LogP contribution < -0.4 is 10.6 Å². The average molecular weight is 265 g/mol. The molecule has 1 heterocycles. The number of aromatic nitrogens is 1. The first-order valence-electron chi connectivity index (χ1n) is 6.25. The van der Waals surface area contributed by atoms with E-state index in [4.69, 9.17) is 5.11 Å². The van der Waals surface area contributed by atoms with Crippen molar-refractivity contribution in [2.24, 2.45) is 0 Å². The van der Waals surface area contributed by atoms with E-state index in [1.54, 1.807) is 13.1 Å². The molecule has 0 aliphatic carbocycles. The maximum absolute atomic E-state index is 11.1. The molecule has 6 heteroatoms. The van der Waals surface area contributed by atoms with Crippen LogP contribution >= 0.6 is 0 Å². The molecule has 0 bridgehead atoms. The minimum Gasteiger partial charge on any atom is -0.478 e. The van der Waals surface area contributed by atoms with Gasteiger partial charge in [0.15, 0.2) is 0 Å². The number of pyridine rings is 1. The highest BCUT2D eigenvalue weighted by Crippen LogP contribution is 2.12. The third kappa shape index (κ3) is 4.95. The molecule has 0 saturated carbocycles. The van der Waals surface area contributed by atoms with Gasteiger partial charge in [-0.05, 0) is 18.6 Å². The number of hydrogen-bond donors (Lipinski definition) is 3. The predicted molar refractivity (Wildman–Crippen MR) is 72.4 cm³/mol. The van der Waals surface area contributed by atoms with Crippen molar-refractivity contribution in [3.63, 3.8) is 0 Å². The fourth-order valence-corrected chi connectivity index (χ4v) is 1.62. The zero-order chi connectivity index (χ0) is 14.3. The minimum atomic E-state index is -0.978. The van der Waals surface area contributed by atoms with Crippen LogP contribution in [-0.4, -0.2) is 35.6 Å². The lowest BCUT2D eigenvalue weighted by Crippen LogP contribution is -2.21. The van der Waals surface area contributed by atoms with Crippen molar-refractivity contribution in [3.05, 3.63) is 23.4 Å². The van der Waals surface area contributed by atoms with Crippen LogP contribution in [-0.2, 0) is 11.2 Å². The molecule has 0 aliphatic rings. The molecular formula is C13H19N3O3. The average Bonchev–Trinajstić information content (AvgIpc) is 2.38. The molecular weight excluding hydrogens is 246 g/mol. The molecule has 104 valence electrons. The molecule has 0 saturated heterocycles. The van der Waals surface area contributed by atoms with Gasteiger partial charge in [0, 0.05) is 25.7 Å². The van der Waals surface area contributed by atoms with Crippen molar-refractivity contribution in [2.45, 2.75) is 26.2 Å². The maximum Gasteiger partial charge on any atom is 0.335 e. The van der Waals surface area contributed by atoms with Gasteiger partial charge in [-0.2, -0.15) is 0 Å². The zero-order valence-corrected chi connectivity index (χ0v) is 11.2. The Hall–Kier alpha value is -2.11. The Bertz CT molecular complexity index is 460. The number of carbonyl (C=O) groups is 2. The van der Waals surface area contributed by atoms with Gasteiger partial charge in [-0.1, -0.05) is 13.3 Å². The molecule has 19 heavy (non-hydrogen) atoms. The van der Waals surface area contributed by atoms with Gasteiger partial charge in [-0.3, -0.25) is 4.79 Å². The summed E-state index contributed by atoms with van der Waals surface area (Å²) in [5.41, 5.74) is 0.950. The van der Waals surface area contributed by atoms with E-state index in [1.807, 2.05) is 6.92 Å². The summed E-state index contributed by atoms with van der Waals surface area (Å²) in [5.74, 6) is -0.558. The summed E-state index contributed by atoms with van der Waals surface area (Å²) < 4.78 is 0. The van der Waals surface area contributed by atoms with E-state index in [1.165, 1.54) is 6.07 Å². The second-order valence-electron chi connectivity index (χ2n) is 4.14. The van der Waals surface area contributed by atoms with E-state index in [9.17, 15) is 9.59 Å². The number of nitrogens with zero attached hydrogens (tertiary/aromatic N) is 1. The van der Waals surface area contributed by atoms with Crippen LogP contribution in [0.1, 0.15) is 35.8 Å². The van der Waals surface area contributed by atoms with E-state index >= 15 is 0 Å². The first-order chi connectivity index (χ1) is 9.06. The molecule has 0 aliphatic heterocycles. The predicted octanol–water partition coefficient (Wildman–Crippen LogP) is 1.28. The topological polar surface area (TPSA) is 91.3 Å². The number of amides is 1. The molecule has 0 spiro atoms. The lowest BCUT2D eigenvalue weighted by atomic mass is 10.1. The SMILES string of the molecule is CCCc1cc(C(=O)O)cc(NCCC(=O)NC)n1. The van der Waals surface area contributed by atoms with E-state index in [-0.39, 0.29) is 11.5 Å². The summed E-state index contributed by atoms with van der Waals surface area (Å²) in [6.07, 6.45) is 1.94. The van der Waals surface area contributed by atoms with E-state index in [0.29, 0.717) is 18.8 Å². The standard InChI is InChI=1S/C13H19N3O3/c1-3-4-10-7-9(13(18)19)8-11(16-10)15-6-5-12(17)14-2/h7-8H,3-6H2,1-2H3,(H,14,17)(H,15,16)(H,18,19). The summed E-state index contributed by atoms with van der Waals surface area (Å²) in [6, 6.07) is 3.06. The highest BCUT2D eigenvalue weighted by atomic mass is 16.4. The molecule has 0 radical (unpaired) electrons. The molecule has 1 amide bonds. The van der Waals surface area contributed by atoms with Crippen LogP contribution in [0.25, 0.3) is 0 Å². The summed E-state index contributed by atoms with van der Waals surface area (Å²) in [5, 5.41) is 14.5. The Labute approximate surface area is 112 Å².